The number of anilines is 4. The molecule has 7 heteroatoms. The van der Waals surface area contributed by atoms with Gasteiger partial charge in [-0.15, -0.1) is 0 Å². The topological polar surface area (TPSA) is 70.2 Å². The Kier molecular flexibility index (Phi) is 5.37. The number of hydrogen-bond acceptors (Lipinski definition) is 5. The highest BCUT2D eigenvalue weighted by Gasteiger charge is 2.13. The van der Waals surface area contributed by atoms with Gasteiger partial charge in [0.2, 0.25) is 0 Å². The number of amides is 1. The van der Waals surface area contributed by atoms with Crippen molar-refractivity contribution in [3.05, 3.63) is 71.9 Å². The van der Waals surface area contributed by atoms with E-state index < -0.39 is 11.7 Å². The predicted octanol–water partition coefficient (Wildman–Crippen LogP) is 4.52. The van der Waals surface area contributed by atoms with Gasteiger partial charge in [0.15, 0.2) is 0 Å². The summed E-state index contributed by atoms with van der Waals surface area (Å²) in [4.78, 5) is 23.4. The van der Waals surface area contributed by atoms with E-state index in [1.165, 1.54) is 36.7 Å². The van der Waals surface area contributed by atoms with Crippen molar-refractivity contribution in [3.8, 4) is 0 Å². The van der Waals surface area contributed by atoms with E-state index in [1.807, 2.05) is 12.1 Å². The zero-order valence-corrected chi connectivity index (χ0v) is 16.2. The molecule has 2 N–H and O–H groups in total. The van der Waals surface area contributed by atoms with Crippen LogP contribution in [-0.2, 0) is 0 Å². The second-order valence-electron chi connectivity index (χ2n) is 7.02. The molecular weight excluding hydrogens is 369 g/mol. The van der Waals surface area contributed by atoms with Crippen LogP contribution in [-0.4, -0.2) is 29.0 Å². The number of rotatable bonds is 5. The van der Waals surface area contributed by atoms with Gasteiger partial charge >= 0.3 is 0 Å². The molecule has 1 amide bonds. The highest BCUT2D eigenvalue weighted by atomic mass is 19.1. The number of aryl methyl sites for hydroxylation is 1. The molecule has 1 fully saturated rings. The molecule has 0 spiro atoms. The summed E-state index contributed by atoms with van der Waals surface area (Å²) < 4.78 is 13.3. The Labute approximate surface area is 168 Å². The molecule has 148 valence electrons. The fourth-order valence-electron chi connectivity index (χ4n) is 3.39. The van der Waals surface area contributed by atoms with Gasteiger partial charge in [-0.2, -0.15) is 0 Å². The van der Waals surface area contributed by atoms with Gasteiger partial charge in [0.25, 0.3) is 5.91 Å². The lowest BCUT2D eigenvalue weighted by molar-refractivity contribution is 0.102. The molecule has 1 saturated heterocycles. The number of nitrogens with one attached hydrogen (secondary N) is 2. The number of carbonyl (C=O) groups excluding carboxylic acids is 1. The lowest BCUT2D eigenvalue weighted by Gasteiger charge is -2.18. The molecule has 2 aromatic carbocycles. The summed E-state index contributed by atoms with van der Waals surface area (Å²) in [5.41, 5.74) is 2.67. The molecule has 2 heterocycles. The standard InChI is InChI=1S/C22H22FN5O/c1-15-24-20(22(29)27-18-6-4-5-16(23)13-18)14-21(25-15)26-17-7-9-19(10-8-17)28-11-2-3-12-28/h4-10,13-14H,2-3,11-12H2,1H3,(H,27,29)(H,24,25,26). The first kappa shape index (κ1) is 18.9. The van der Waals surface area contributed by atoms with E-state index in [-0.39, 0.29) is 5.69 Å². The predicted molar refractivity (Wildman–Crippen MR) is 112 cm³/mol. The van der Waals surface area contributed by atoms with Crippen LogP contribution in [0.5, 0.6) is 0 Å². The highest BCUT2D eigenvalue weighted by molar-refractivity contribution is 6.03. The molecule has 3 aromatic rings. The van der Waals surface area contributed by atoms with Crippen molar-refractivity contribution in [1.82, 2.24) is 9.97 Å². The van der Waals surface area contributed by atoms with Crippen LogP contribution >= 0.6 is 0 Å². The van der Waals surface area contributed by atoms with E-state index in [1.54, 1.807) is 19.1 Å². The van der Waals surface area contributed by atoms with Crippen molar-refractivity contribution in [2.24, 2.45) is 0 Å². The lowest BCUT2D eigenvalue weighted by Crippen LogP contribution is -2.17. The Hall–Kier alpha value is -3.48. The third-order valence-corrected chi connectivity index (χ3v) is 4.76. The van der Waals surface area contributed by atoms with Crippen LogP contribution in [0.25, 0.3) is 0 Å². The van der Waals surface area contributed by atoms with Crippen molar-refractivity contribution < 1.29 is 9.18 Å². The Morgan fingerprint density at radius 3 is 2.48 bits per heavy atom. The number of carbonyl (C=O) groups is 1. The number of aromatic nitrogens is 2. The maximum Gasteiger partial charge on any atom is 0.274 e. The van der Waals surface area contributed by atoms with Gasteiger partial charge in [0.1, 0.15) is 23.2 Å². The van der Waals surface area contributed by atoms with E-state index in [9.17, 15) is 9.18 Å². The second-order valence-corrected chi connectivity index (χ2v) is 7.02. The third kappa shape index (κ3) is 4.68. The number of halogens is 1. The van der Waals surface area contributed by atoms with Gasteiger partial charge < -0.3 is 15.5 Å². The normalized spacial score (nSPS) is 13.4. The fourth-order valence-corrected chi connectivity index (χ4v) is 3.39. The molecule has 0 bridgehead atoms. The summed E-state index contributed by atoms with van der Waals surface area (Å²) >= 11 is 0. The van der Waals surface area contributed by atoms with Crippen molar-refractivity contribution in [2.45, 2.75) is 19.8 Å². The second kappa shape index (κ2) is 8.26. The van der Waals surface area contributed by atoms with Gasteiger partial charge in [-0.3, -0.25) is 4.79 Å². The molecule has 29 heavy (non-hydrogen) atoms. The molecule has 0 atom stereocenters. The Balaban J connectivity index is 1.48. The molecule has 0 radical (unpaired) electrons. The fraction of sp³-hybridized carbons (Fsp3) is 0.227. The van der Waals surface area contributed by atoms with Gasteiger partial charge in [0.05, 0.1) is 0 Å². The van der Waals surface area contributed by atoms with Crippen molar-refractivity contribution in [3.63, 3.8) is 0 Å². The molecule has 1 aliphatic heterocycles. The first-order valence-corrected chi connectivity index (χ1v) is 9.61. The minimum Gasteiger partial charge on any atom is -0.372 e. The summed E-state index contributed by atoms with van der Waals surface area (Å²) in [5.74, 6) is 0.152. The van der Waals surface area contributed by atoms with Gasteiger partial charge in [-0.05, 0) is 62.2 Å². The summed E-state index contributed by atoms with van der Waals surface area (Å²) in [5, 5.41) is 5.87. The number of nitrogens with zero attached hydrogens (tertiary/aromatic N) is 3. The zero-order valence-electron chi connectivity index (χ0n) is 16.2. The van der Waals surface area contributed by atoms with Crippen molar-refractivity contribution in [2.75, 3.05) is 28.6 Å². The van der Waals surface area contributed by atoms with E-state index in [4.69, 9.17) is 0 Å². The Morgan fingerprint density at radius 2 is 1.76 bits per heavy atom. The average Bonchev–Trinajstić information content (AvgIpc) is 3.23. The maximum absolute atomic E-state index is 13.3. The minimum absolute atomic E-state index is 0.206. The van der Waals surface area contributed by atoms with Crippen LogP contribution in [0.4, 0.5) is 27.3 Å². The smallest absolute Gasteiger partial charge is 0.274 e. The molecule has 0 aliphatic carbocycles. The largest absolute Gasteiger partial charge is 0.372 e. The van der Waals surface area contributed by atoms with Crippen LogP contribution in [0.2, 0.25) is 0 Å². The van der Waals surface area contributed by atoms with Gasteiger partial charge in [-0.25, -0.2) is 14.4 Å². The average molecular weight is 391 g/mol. The summed E-state index contributed by atoms with van der Waals surface area (Å²) in [6.45, 7) is 3.92. The van der Waals surface area contributed by atoms with E-state index >= 15 is 0 Å². The molecule has 0 saturated carbocycles. The quantitative estimate of drug-likeness (QED) is 0.669. The van der Waals surface area contributed by atoms with Crippen LogP contribution < -0.4 is 15.5 Å². The molecule has 4 rings (SSSR count). The van der Waals surface area contributed by atoms with E-state index in [2.05, 4.69) is 37.6 Å². The van der Waals surface area contributed by atoms with Crippen LogP contribution in [0, 0.1) is 12.7 Å². The Bertz CT molecular complexity index is 1020. The summed E-state index contributed by atoms with van der Waals surface area (Å²) in [6.07, 6.45) is 2.47. The SMILES string of the molecule is Cc1nc(Nc2ccc(N3CCCC3)cc2)cc(C(=O)Nc2cccc(F)c2)n1. The van der Waals surface area contributed by atoms with Gasteiger partial charge in [-0.1, -0.05) is 6.07 Å². The maximum atomic E-state index is 13.3. The van der Waals surface area contributed by atoms with Crippen molar-refractivity contribution >= 4 is 28.8 Å². The van der Waals surface area contributed by atoms with E-state index in [0.717, 1.165) is 18.8 Å². The molecule has 0 unspecified atom stereocenters. The first-order valence-electron chi connectivity index (χ1n) is 9.61. The zero-order chi connectivity index (χ0) is 20.2. The van der Waals surface area contributed by atoms with E-state index in [0.29, 0.717) is 17.3 Å². The van der Waals surface area contributed by atoms with Crippen LogP contribution in [0.15, 0.2) is 54.6 Å². The molecule has 1 aliphatic rings. The lowest BCUT2D eigenvalue weighted by atomic mass is 10.2. The third-order valence-electron chi connectivity index (χ3n) is 4.76. The van der Waals surface area contributed by atoms with Crippen LogP contribution in [0.3, 0.4) is 0 Å². The molecular formula is C22H22FN5O. The molecule has 1 aromatic heterocycles. The minimum atomic E-state index is -0.423. The Morgan fingerprint density at radius 1 is 1.00 bits per heavy atom. The molecule has 6 nitrogen and oxygen atoms in total. The van der Waals surface area contributed by atoms with Crippen molar-refractivity contribution in [1.29, 1.82) is 0 Å². The monoisotopic (exact) mass is 391 g/mol. The first-order chi connectivity index (χ1) is 14.1. The highest BCUT2D eigenvalue weighted by Crippen LogP contribution is 2.24. The van der Waals surface area contributed by atoms with Gasteiger partial charge in [0, 0.05) is 36.2 Å². The van der Waals surface area contributed by atoms with Crippen LogP contribution in [0.1, 0.15) is 29.2 Å². The summed E-state index contributed by atoms with van der Waals surface area (Å²) in [6, 6.07) is 15.5. The summed E-state index contributed by atoms with van der Waals surface area (Å²) in [7, 11) is 0. The number of hydrogen-bond donors (Lipinski definition) is 2. The number of benzene rings is 2.